The lowest BCUT2D eigenvalue weighted by Crippen LogP contribution is -2.25. The molecule has 1 atom stereocenters. The Morgan fingerprint density at radius 1 is 1.04 bits per heavy atom. The quantitative estimate of drug-likeness (QED) is 0.750. The van der Waals surface area contributed by atoms with Crippen LogP contribution < -0.4 is 0 Å². The van der Waals surface area contributed by atoms with Crippen LogP contribution in [0.5, 0.6) is 0 Å². The van der Waals surface area contributed by atoms with E-state index in [0.717, 1.165) is 16.9 Å². The van der Waals surface area contributed by atoms with Gasteiger partial charge < -0.3 is 19.4 Å². The van der Waals surface area contributed by atoms with Crippen molar-refractivity contribution in [3.8, 4) is 11.1 Å². The first kappa shape index (κ1) is 16.8. The Bertz CT molecular complexity index is 855. The number of cyclic esters (lactones) is 1. The van der Waals surface area contributed by atoms with Crippen LogP contribution in [0.25, 0.3) is 11.1 Å². The van der Waals surface area contributed by atoms with Gasteiger partial charge in [0, 0.05) is 17.0 Å². The fourth-order valence-electron chi connectivity index (χ4n) is 3.89. The molecule has 0 radical (unpaired) electrons. The molecule has 0 spiro atoms. The van der Waals surface area contributed by atoms with E-state index < -0.39 is 23.1 Å². The zero-order valence-corrected chi connectivity index (χ0v) is 14.7. The van der Waals surface area contributed by atoms with E-state index in [0.29, 0.717) is 11.5 Å². The molecule has 5 nitrogen and oxygen atoms in total. The van der Waals surface area contributed by atoms with Crippen LogP contribution in [0, 0.1) is 0 Å². The van der Waals surface area contributed by atoms with Gasteiger partial charge >= 0.3 is 5.97 Å². The van der Waals surface area contributed by atoms with Gasteiger partial charge in [-0.05, 0) is 31.4 Å². The van der Waals surface area contributed by atoms with Gasteiger partial charge in [-0.2, -0.15) is 0 Å². The van der Waals surface area contributed by atoms with Crippen molar-refractivity contribution in [2.45, 2.75) is 50.5 Å². The number of hydrogen-bond donors (Lipinski definition) is 2. The number of aliphatic hydroxyl groups is 2. The topological polar surface area (TPSA) is 79.9 Å². The highest BCUT2D eigenvalue weighted by Gasteiger charge is 2.46. The first-order chi connectivity index (χ1) is 12.5. The molecule has 2 aliphatic rings. The van der Waals surface area contributed by atoms with Gasteiger partial charge in [0.05, 0.1) is 6.26 Å². The van der Waals surface area contributed by atoms with Crippen LogP contribution in [-0.2, 0) is 15.1 Å². The Labute approximate surface area is 151 Å². The summed E-state index contributed by atoms with van der Waals surface area (Å²) in [6, 6.07) is 9.46. The van der Waals surface area contributed by atoms with Crippen LogP contribution in [0.1, 0.15) is 56.3 Å². The molecule has 2 N–H and O–H groups in total. The highest BCUT2D eigenvalue weighted by molar-refractivity contribution is 5.90. The summed E-state index contributed by atoms with van der Waals surface area (Å²) in [4.78, 5) is 11.5. The van der Waals surface area contributed by atoms with Crippen molar-refractivity contribution in [1.29, 1.82) is 0 Å². The van der Waals surface area contributed by atoms with E-state index in [2.05, 4.69) is 6.07 Å². The second-order valence-corrected chi connectivity index (χ2v) is 7.27. The van der Waals surface area contributed by atoms with Gasteiger partial charge in [-0.1, -0.05) is 43.5 Å². The van der Waals surface area contributed by atoms with Gasteiger partial charge in [-0.3, -0.25) is 0 Å². The molecule has 4 rings (SSSR count). The van der Waals surface area contributed by atoms with Gasteiger partial charge in [0.1, 0.15) is 5.76 Å². The smallest absolute Gasteiger partial charge is 0.378 e. The van der Waals surface area contributed by atoms with Crippen LogP contribution in [0.4, 0.5) is 0 Å². The first-order valence-corrected chi connectivity index (χ1v) is 9.04. The highest BCUT2D eigenvalue weighted by atomic mass is 16.6. The minimum Gasteiger partial charge on any atom is -0.505 e. The molecule has 2 aromatic rings. The molecule has 1 aromatic carbocycles. The molecule has 1 aromatic heterocycles. The molecule has 1 fully saturated rings. The van der Waals surface area contributed by atoms with Gasteiger partial charge in [0.2, 0.25) is 5.76 Å². The standard InChI is InChI=1S/C21H22O5/c1-21(19(23)18(22)20(24)26-21)16-9-7-13(8-10-16)15-11-17(25-12-15)14-5-3-2-4-6-14/h7-12,14,22-23H,2-6H2,1H3. The Morgan fingerprint density at radius 3 is 2.35 bits per heavy atom. The maximum Gasteiger partial charge on any atom is 0.378 e. The van der Waals surface area contributed by atoms with Crippen LogP contribution in [0.3, 0.4) is 0 Å². The Hall–Kier alpha value is -2.69. The molecule has 2 heterocycles. The van der Waals surface area contributed by atoms with E-state index in [1.165, 1.54) is 32.1 Å². The van der Waals surface area contributed by atoms with Crippen molar-refractivity contribution in [3.05, 3.63) is 59.4 Å². The van der Waals surface area contributed by atoms with Crippen molar-refractivity contribution >= 4 is 5.97 Å². The van der Waals surface area contributed by atoms with Gasteiger partial charge in [-0.15, -0.1) is 0 Å². The molecule has 0 amide bonds. The van der Waals surface area contributed by atoms with E-state index in [1.54, 1.807) is 25.3 Å². The Morgan fingerprint density at radius 2 is 1.73 bits per heavy atom. The molecular formula is C21H22O5. The van der Waals surface area contributed by atoms with E-state index in [4.69, 9.17) is 9.15 Å². The summed E-state index contributed by atoms with van der Waals surface area (Å²) in [6.45, 7) is 1.55. The number of carbonyl (C=O) groups is 1. The SMILES string of the molecule is CC1(c2ccc(-c3coc(C4CCCCC4)c3)cc2)OC(=O)C(O)=C1O. The minimum atomic E-state index is -1.36. The normalized spacial score (nSPS) is 24.1. The molecule has 1 saturated carbocycles. The average molecular weight is 354 g/mol. The Kier molecular flexibility index (Phi) is 4.02. The highest BCUT2D eigenvalue weighted by Crippen LogP contribution is 2.40. The summed E-state index contributed by atoms with van der Waals surface area (Å²) < 4.78 is 11.0. The maximum absolute atomic E-state index is 11.5. The maximum atomic E-state index is 11.5. The van der Waals surface area contributed by atoms with Crippen molar-refractivity contribution in [3.63, 3.8) is 0 Å². The number of hydrogen-bond acceptors (Lipinski definition) is 5. The summed E-state index contributed by atoms with van der Waals surface area (Å²) in [6.07, 6.45) is 7.98. The first-order valence-electron chi connectivity index (χ1n) is 9.04. The fraction of sp³-hybridized carbons (Fsp3) is 0.381. The zero-order valence-electron chi connectivity index (χ0n) is 14.7. The van der Waals surface area contributed by atoms with Crippen LogP contribution in [0.15, 0.2) is 52.5 Å². The third kappa shape index (κ3) is 2.68. The minimum absolute atomic E-state index is 0.460. The monoisotopic (exact) mass is 354 g/mol. The van der Waals surface area contributed by atoms with Gasteiger partial charge in [0.15, 0.2) is 11.4 Å². The fourth-order valence-corrected chi connectivity index (χ4v) is 3.89. The van der Waals surface area contributed by atoms with E-state index in [1.807, 2.05) is 12.1 Å². The molecular weight excluding hydrogens is 332 g/mol. The zero-order chi connectivity index (χ0) is 18.3. The lowest BCUT2D eigenvalue weighted by Gasteiger charge is -2.23. The second kappa shape index (κ2) is 6.24. The number of ether oxygens (including phenoxy) is 1. The molecule has 1 unspecified atom stereocenters. The summed E-state index contributed by atoms with van der Waals surface area (Å²) in [5.41, 5.74) is 1.23. The summed E-state index contributed by atoms with van der Waals surface area (Å²) in [5.74, 6) is -0.549. The van der Waals surface area contributed by atoms with E-state index in [9.17, 15) is 15.0 Å². The average Bonchev–Trinajstić information content (AvgIpc) is 3.24. The van der Waals surface area contributed by atoms with Crippen molar-refractivity contribution in [1.82, 2.24) is 0 Å². The van der Waals surface area contributed by atoms with E-state index in [-0.39, 0.29) is 0 Å². The molecule has 5 heteroatoms. The van der Waals surface area contributed by atoms with Crippen LogP contribution in [0.2, 0.25) is 0 Å². The second-order valence-electron chi connectivity index (χ2n) is 7.27. The van der Waals surface area contributed by atoms with Crippen molar-refractivity contribution in [2.24, 2.45) is 0 Å². The third-order valence-electron chi connectivity index (χ3n) is 5.56. The third-order valence-corrected chi connectivity index (χ3v) is 5.56. The van der Waals surface area contributed by atoms with Gasteiger partial charge in [0.25, 0.3) is 0 Å². The number of rotatable bonds is 3. The van der Waals surface area contributed by atoms with Gasteiger partial charge in [-0.25, -0.2) is 4.79 Å². The number of furan rings is 1. The van der Waals surface area contributed by atoms with Crippen molar-refractivity contribution in [2.75, 3.05) is 0 Å². The summed E-state index contributed by atoms with van der Waals surface area (Å²) in [5, 5.41) is 19.6. The molecule has 0 saturated heterocycles. The summed E-state index contributed by atoms with van der Waals surface area (Å²) in [7, 11) is 0. The van der Waals surface area contributed by atoms with Crippen molar-refractivity contribution < 1.29 is 24.2 Å². The summed E-state index contributed by atoms with van der Waals surface area (Å²) >= 11 is 0. The number of esters is 1. The Balaban J connectivity index is 1.57. The molecule has 0 bridgehead atoms. The van der Waals surface area contributed by atoms with E-state index >= 15 is 0 Å². The van der Waals surface area contributed by atoms with Crippen LogP contribution in [-0.4, -0.2) is 16.2 Å². The lowest BCUT2D eigenvalue weighted by molar-refractivity contribution is -0.149. The molecule has 136 valence electrons. The predicted octanol–water partition coefficient (Wildman–Crippen LogP) is 5.09. The molecule has 1 aliphatic carbocycles. The largest absolute Gasteiger partial charge is 0.505 e. The molecule has 1 aliphatic heterocycles. The van der Waals surface area contributed by atoms with Crippen LogP contribution >= 0.6 is 0 Å². The number of benzene rings is 1. The predicted molar refractivity (Wildman–Crippen MR) is 95.7 cm³/mol. The number of carbonyl (C=O) groups excluding carboxylic acids is 1. The number of aliphatic hydroxyl groups excluding tert-OH is 2. The lowest BCUT2D eigenvalue weighted by atomic mass is 9.87. The molecule has 26 heavy (non-hydrogen) atoms.